The van der Waals surface area contributed by atoms with Crippen LogP contribution in [0.5, 0.6) is 0 Å². The molecule has 1 aliphatic rings. The van der Waals surface area contributed by atoms with Gasteiger partial charge in [-0.25, -0.2) is 0 Å². The van der Waals surface area contributed by atoms with Crippen LogP contribution in [0.2, 0.25) is 0 Å². The topological polar surface area (TPSA) is 49.6 Å². The molecule has 1 heterocycles. The van der Waals surface area contributed by atoms with Gasteiger partial charge in [0.2, 0.25) is 5.91 Å². The van der Waals surface area contributed by atoms with E-state index in [9.17, 15) is 4.79 Å². The van der Waals surface area contributed by atoms with E-state index in [4.69, 9.17) is 5.73 Å². The van der Waals surface area contributed by atoms with Crippen LogP contribution in [0.15, 0.2) is 60.7 Å². The minimum absolute atomic E-state index is 0.0141. The summed E-state index contributed by atoms with van der Waals surface area (Å²) in [6, 6.07) is 20.1. The number of rotatable bonds is 4. The number of carbonyl (C=O) groups is 1. The van der Waals surface area contributed by atoms with Crippen molar-refractivity contribution in [1.29, 1.82) is 0 Å². The third-order valence-electron chi connectivity index (χ3n) is 4.94. The first kappa shape index (κ1) is 17.6. The summed E-state index contributed by atoms with van der Waals surface area (Å²) in [6.45, 7) is 6.13. The maximum absolute atomic E-state index is 13.0. The zero-order valence-corrected chi connectivity index (χ0v) is 14.9. The zero-order valence-electron chi connectivity index (χ0n) is 14.9. The first-order chi connectivity index (χ1) is 12.1. The Bertz CT molecular complexity index is 685. The van der Waals surface area contributed by atoms with E-state index in [0.29, 0.717) is 0 Å². The second-order valence-electron chi connectivity index (χ2n) is 6.98. The molecule has 1 unspecified atom stereocenters. The molecule has 0 bridgehead atoms. The van der Waals surface area contributed by atoms with Crippen LogP contribution in [-0.4, -0.2) is 41.9 Å². The molecule has 2 aromatic rings. The Morgan fingerprint density at radius 3 is 2.28 bits per heavy atom. The van der Waals surface area contributed by atoms with Crippen molar-refractivity contribution in [2.45, 2.75) is 25.4 Å². The lowest BCUT2D eigenvalue weighted by Crippen LogP contribution is -2.51. The molecule has 1 aliphatic heterocycles. The second kappa shape index (κ2) is 7.81. The van der Waals surface area contributed by atoms with Crippen molar-refractivity contribution in [3.05, 3.63) is 71.8 Å². The van der Waals surface area contributed by atoms with E-state index in [1.54, 1.807) is 0 Å². The fraction of sp³-hybridized carbons (Fsp3) is 0.381. The van der Waals surface area contributed by atoms with Crippen LogP contribution >= 0.6 is 0 Å². The molecule has 0 aliphatic carbocycles. The van der Waals surface area contributed by atoms with Crippen molar-refractivity contribution in [2.24, 2.45) is 5.73 Å². The largest absolute Gasteiger partial charge is 0.339 e. The number of hydrogen-bond acceptors (Lipinski definition) is 3. The summed E-state index contributed by atoms with van der Waals surface area (Å²) in [5.74, 6) is 0.0141. The molecule has 2 aromatic carbocycles. The molecular formula is C21H27N3O. The smallest absolute Gasteiger partial charge is 0.247 e. The van der Waals surface area contributed by atoms with Crippen LogP contribution in [0.3, 0.4) is 0 Å². The molecule has 0 spiro atoms. The summed E-state index contributed by atoms with van der Waals surface area (Å²) in [6.07, 6.45) is 0.976. The van der Waals surface area contributed by atoms with Crippen LogP contribution in [-0.2, 0) is 16.9 Å². The summed E-state index contributed by atoms with van der Waals surface area (Å²) in [4.78, 5) is 17.4. The Kier molecular flexibility index (Phi) is 5.51. The molecule has 1 saturated heterocycles. The zero-order chi connectivity index (χ0) is 17.7. The van der Waals surface area contributed by atoms with Crippen molar-refractivity contribution < 1.29 is 4.79 Å². The van der Waals surface area contributed by atoms with E-state index < -0.39 is 5.54 Å². The van der Waals surface area contributed by atoms with Gasteiger partial charge in [-0.3, -0.25) is 9.69 Å². The highest BCUT2D eigenvalue weighted by molar-refractivity contribution is 5.87. The Balaban J connectivity index is 1.63. The first-order valence-electron chi connectivity index (χ1n) is 8.97. The molecule has 4 heteroatoms. The molecule has 1 fully saturated rings. The first-order valence-corrected chi connectivity index (χ1v) is 8.97. The Morgan fingerprint density at radius 2 is 1.60 bits per heavy atom. The maximum Gasteiger partial charge on any atom is 0.247 e. The number of nitrogens with zero attached hydrogens (tertiary/aromatic N) is 2. The molecule has 1 atom stereocenters. The van der Waals surface area contributed by atoms with Crippen LogP contribution in [0.1, 0.15) is 24.5 Å². The van der Waals surface area contributed by atoms with Gasteiger partial charge in [-0.2, -0.15) is 0 Å². The molecule has 1 amide bonds. The second-order valence-corrected chi connectivity index (χ2v) is 6.98. The van der Waals surface area contributed by atoms with Gasteiger partial charge in [0.1, 0.15) is 5.54 Å². The van der Waals surface area contributed by atoms with Gasteiger partial charge >= 0.3 is 0 Å². The summed E-state index contributed by atoms with van der Waals surface area (Å²) >= 11 is 0. The van der Waals surface area contributed by atoms with E-state index in [-0.39, 0.29) is 5.91 Å². The molecule has 4 nitrogen and oxygen atoms in total. The van der Waals surface area contributed by atoms with Gasteiger partial charge in [-0.15, -0.1) is 0 Å². The van der Waals surface area contributed by atoms with Crippen LogP contribution in [0.4, 0.5) is 0 Å². The van der Waals surface area contributed by atoms with Gasteiger partial charge in [0.15, 0.2) is 0 Å². The quantitative estimate of drug-likeness (QED) is 0.933. The average molecular weight is 337 g/mol. The molecule has 2 N–H and O–H groups in total. The number of hydrogen-bond donors (Lipinski definition) is 1. The minimum Gasteiger partial charge on any atom is -0.339 e. The molecule has 132 valence electrons. The molecule has 0 saturated carbocycles. The normalized spacial score (nSPS) is 18.4. The summed E-state index contributed by atoms with van der Waals surface area (Å²) in [5, 5.41) is 0. The predicted molar refractivity (Wildman–Crippen MR) is 101 cm³/mol. The number of carbonyl (C=O) groups excluding carboxylic acids is 1. The maximum atomic E-state index is 13.0. The molecular weight excluding hydrogens is 310 g/mol. The highest BCUT2D eigenvalue weighted by Gasteiger charge is 2.34. The van der Waals surface area contributed by atoms with E-state index in [1.807, 2.05) is 48.2 Å². The van der Waals surface area contributed by atoms with E-state index in [2.05, 4.69) is 29.2 Å². The van der Waals surface area contributed by atoms with E-state index in [0.717, 1.165) is 44.7 Å². The highest BCUT2D eigenvalue weighted by atomic mass is 16.2. The SMILES string of the molecule is CC(N)(C(=O)N1CCCN(Cc2ccccc2)CC1)c1ccccc1. The molecule has 25 heavy (non-hydrogen) atoms. The lowest BCUT2D eigenvalue weighted by Gasteiger charge is -2.31. The molecule has 0 aromatic heterocycles. The van der Waals surface area contributed by atoms with Gasteiger partial charge in [0.05, 0.1) is 0 Å². The fourth-order valence-electron chi connectivity index (χ4n) is 3.41. The van der Waals surface area contributed by atoms with Crippen molar-refractivity contribution in [3.8, 4) is 0 Å². The predicted octanol–water partition coefficient (Wildman–Crippen LogP) is 2.60. The highest BCUT2D eigenvalue weighted by Crippen LogP contribution is 2.21. The van der Waals surface area contributed by atoms with Crippen molar-refractivity contribution in [3.63, 3.8) is 0 Å². The molecule has 3 rings (SSSR count). The Morgan fingerprint density at radius 1 is 0.960 bits per heavy atom. The van der Waals surface area contributed by atoms with E-state index in [1.165, 1.54) is 5.56 Å². The van der Waals surface area contributed by atoms with E-state index >= 15 is 0 Å². The Hall–Kier alpha value is -2.17. The fourth-order valence-corrected chi connectivity index (χ4v) is 3.41. The van der Waals surface area contributed by atoms with Crippen LogP contribution < -0.4 is 5.73 Å². The van der Waals surface area contributed by atoms with Crippen molar-refractivity contribution in [2.75, 3.05) is 26.2 Å². The van der Waals surface area contributed by atoms with Gasteiger partial charge in [0.25, 0.3) is 0 Å². The average Bonchev–Trinajstić information content (AvgIpc) is 2.88. The van der Waals surface area contributed by atoms with Gasteiger partial charge in [0, 0.05) is 32.7 Å². The summed E-state index contributed by atoms with van der Waals surface area (Å²) < 4.78 is 0. The number of amides is 1. The van der Waals surface area contributed by atoms with Crippen LogP contribution in [0, 0.1) is 0 Å². The van der Waals surface area contributed by atoms with Crippen molar-refractivity contribution >= 4 is 5.91 Å². The summed E-state index contributed by atoms with van der Waals surface area (Å²) in [7, 11) is 0. The lowest BCUT2D eigenvalue weighted by molar-refractivity contribution is -0.136. The molecule has 0 radical (unpaired) electrons. The Labute approximate surface area is 150 Å². The third-order valence-corrected chi connectivity index (χ3v) is 4.94. The van der Waals surface area contributed by atoms with Crippen LogP contribution in [0.25, 0.3) is 0 Å². The standard InChI is InChI=1S/C21H27N3O/c1-21(22,19-11-6-3-7-12-19)20(25)24-14-8-13-23(15-16-24)17-18-9-4-2-5-10-18/h2-7,9-12H,8,13-17,22H2,1H3. The number of benzene rings is 2. The van der Waals surface area contributed by atoms with Gasteiger partial charge in [-0.05, 0) is 24.5 Å². The van der Waals surface area contributed by atoms with Gasteiger partial charge in [-0.1, -0.05) is 60.7 Å². The van der Waals surface area contributed by atoms with Gasteiger partial charge < -0.3 is 10.6 Å². The third kappa shape index (κ3) is 4.27. The monoisotopic (exact) mass is 337 g/mol. The lowest BCUT2D eigenvalue weighted by atomic mass is 9.91. The van der Waals surface area contributed by atoms with Crippen molar-refractivity contribution in [1.82, 2.24) is 9.80 Å². The summed E-state index contributed by atoms with van der Waals surface area (Å²) in [5.41, 5.74) is 7.62. The minimum atomic E-state index is -0.976. The number of nitrogens with two attached hydrogens (primary N) is 1.